The maximum atomic E-state index is 11.9. The fourth-order valence-corrected chi connectivity index (χ4v) is 2.49. The average Bonchev–Trinajstić information content (AvgIpc) is 2.72. The molecule has 27 heavy (non-hydrogen) atoms. The predicted octanol–water partition coefficient (Wildman–Crippen LogP) is 3.86. The Morgan fingerprint density at radius 1 is 0.926 bits per heavy atom. The topological polar surface area (TPSA) is 76.7 Å². The summed E-state index contributed by atoms with van der Waals surface area (Å²) in [6.45, 7) is 1.71. The number of hydrazone groups is 1. The van der Waals surface area contributed by atoms with Gasteiger partial charge in [-0.05, 0) is 47.9 Å². The molecule has 1 amide bonds. The highest BCUT2D eigenvalue weighted by Gasteiger charge is 2.04. The molecule has 0 aliphatic rings. The molecule has 0 saturated carbocycles. The second-order valence-corrected chi connectivity index (χ2v) is 6.03. The molecule has 3 aromatic rings. The van der Waals surface area contributed by atoms with Gasteiger partial charge in [0, 0.05) is 5.69 Å². The van der Waals surface area contributed by atoms with E-state index in [1.165, 1.54) is 0 Å². The number of nitrogens with zero attached hydrogens (tertiary/aromatic N) is 1. The van der Waals surface area contributed by atoms with Crippen LogP contribution in [0.25, 0.3) is 11.1 Å². The summed E-state index contributed by atoms with van der Waals surface area (Å²) in [6.07, 6.45) is 0. The first kappa shape index (κ1) is 18.2. The lowest BCUT2D eigenvalue weighted by molar-refractivity contribution is -0.123. The lowest BCUT2D eigenvalue weighted by Gasteiger charge is -2.07. The summed E-state index contributed by atoms with van der Waals surface area (Å²) in [5, 5.41) is 4.09. The number of rotatable bonds is 6. The van der Waals surface area contributed by atoms with E-state index in [2.05, 4.69) is 10.5 Å². The number of carbonyl (C=O) groups excluding carboxylic acids is 1. The fraction of sp³-hybridized carbons (Fsp3) is 0.0909. The van der Waals surface area contributed by atoms with E-state index in [1.807, 2.05) is 73.7 Å². The zero-order valence-corrected chi connectivity index (χ0v) is 15.1. The summed E-state index contributed by atoms with van der Waals surface area (Å²) in [5.41, 5.74) is 12.6. The Morgan fingerprint density at radius 2 is 1.56 bits per heavy atom. The van der Waals surface area contributed by atoms with Crippen molar-refractivity contribution in [3.8, 4) is 16.9 Å². The minimum atomic E-state index is -0.322. The molecular formula is C22H21N3O2. The summed E-state index contributed by atoms with van der Waals surface area (Å²) in [6, 6.07) is 25.0. The zero-order chi connectivity index (χ0) is 19.1. The molecule has 0 heterocycles. The van der Waals surface area contributed by atoms with Crippen LogP contribution in [0.2, 0.25) is 0 Å². The molecule has 0 atom stereocenters. The number of hydrogen-bond acceptors (Lipinski definition) is 4. The third kappa shape index (κ3) is 5.19. The number of ether oxygens (including phenoxy) is 1. The minimum absolute atomic E-state index is 0.108. The predicted molar refractivity (Wildman–Crippen MR) is 109 cm³/mol. The van der Waals surface area contributed by atoms with Crippen molar-refractivity contribution < 1.29 is 9.53 Å². The number of carbonyl (C=O) groups is 1. The summed E-state index contributed by atoms with van der Waals surface area (Å²) in [7, 11) is 0. The Bertz CT molecular complexity index is 918. The van der Waals surface area contributed by atoms with Gasteiger partial charge in [-0.25, -0.2) is 5.43 Å². The molecule has 0 aliphatic heterocycles. The first-order chi connectivity index (χ1) is 13.1. The van der Waals surface area contributed by atoms with Crippen molar-refractivity contribution >= 4 is 17.3 Å². The molecule has 5 heteroatoms. The Hall–Kier alpha value is -3.60. The van der Waals surface area contributed by atoms with Gasteiger partial charge >= 0.3 is 0 Å². The van der Waals surface area contributed by atoms with Gasteiger partial charge in [-0.3, -0.25) is 4.79 Å². The Morgan fingerprint density at radius 3 is 2.22 bits per heavy atom. The highest BCUT2D eigenvalue weighted by molar-refractivity contribution is 5.99. The molecule has 3 rings (SSSR count). The van der Waals surface area contributed by atoms with Crippen molar-refractivity contribution in [3.05, 3.63) is 84.4 Å². The van der Waals surface area contributed by atoms with Crippen molar-refractivity contribution in [1.29, 1.82) is 0 Å². The third-order valence-electron chi connectivity index (χ3n) is 4.01. The lowest BCUT2D eigenvalue weighted by atomic mass is 10.1. The van der Waals surface area contributed by atoms with Crippen LogP contribution in [0.5, 0.6) is 5.75 Å². The largest absolute Gasteiger partial charge is 0.484 e. The number of hydrogen-bond donors (Lipinski definition) is 2. The molecule has 5 nitrogen and oxygen atoms in total. The van der Waals surface area contributed by atoms with Crippen LogP contribution in [-0.2, 0) is 4.79 Å². The molecule has 0 aromatic heterocycles. The Labute approximate surface area is 158 Å². The number of benzene rings is 3. The van der Waals surface area contributed by atoms with Crippen LogP contribution in [0, 0.1) is 0 Å². The maximum Gasteiger partial charge on any atom is 0.277 e. The molecule has 3 N–H and O–H groups in total. The summed E-state index contributed by atoms with van der Waals surface area (Å²) < 4.78 is 5.51. The van der Waals surface area contributed by atoms with Gasteiger partial charge in [-0.2, -0.15) is 5.10 Å². The van der Waals surface area contributed by atoms with Crippen LogP contribution in [0.15, 0.2) is 84.0 Å². The molecule has 136 valence electrons. The highest BCUT2D eigenvalue weighted by Crippen LogP contribution is 2.21. The molecule has 0 radical (unpaired) electrons. The van der Waals surface area contributed by atoms with Crippen LogP contribution < -0.4 is 15.9 Å². The Balaban J connectivity index is 1.51. The standard InChI is InChI=1S/C22H21N3O2/c1-16(17-7-11-20(23)12-8-17)24-25-22(26)15-27-21-13-9-19(10-14-21)18-5-3-2-4-6-18/h2-14H,15,23H2,1H3,(H,25,26). The number of amides is 1. The van der Waals surface area contributed by atoms with Gasteiger partial charge in [0.25, 0.3) is 5.91 Å². The molecule has 0 spiro atoms. The van der Waals surface area contributed by atoms with E-state index in [0.29, 0.717) is 17.1 Å². The van der Waals surface area contributed by atoms with Gasteiger partial charge in [-0.15, -0.1) is 0 Å². The average molecular weight is 359 g/mol. The molecule has 3 aromatic carbocycles. The van der Waals surface area contributed by atoms with E-state index in [9.17, 15) is 4.79 Å². The fourth-order valence-electron chi connectivity index (χ4n) is 2.49. The van der Waals surface area contributed by atoms with Crippen molar-refractivity contribution in [1.82, 2.24) is 5.43 Å². The first-order valence-corrected chi connectivity index (χ1v) is 8.59. The second-order valence-electron chi connectivity index (χ2n) is 6.03. The normalized spacial score (nSPS) is 11.1. The third-order valence-corrected chi connectivity index (χ3v) is 4.01. The van der Waals surface area contributed by atoms with Gasteiger partial charge < -0.3 is 10.5 Å². The monoisotopic (exact) mass is 359 g/mol. The van der Waals surface area contributed by atoms with Crippen LogP contribution >= 0.6 is 0 Å². The zero-order valence-electron chi connectivity index (χ0n) is 15.1. The van der Waals surface area contributed by atoms with Crippen LogP contribution in [0.3, 0.4) is 0 Å². The van der Waals surface area contributed by atoms with E-state index in [4.69, 9.17) is 10.5 Å². The summed E-state index contributed by atoms with van der Waals surface area (Å²) in [5.74, 6) is 0.306. The first-order valence-electron chi connectivity index (χ1n) is 8.59. The minimum Gasteiger partial charge on any atom is -0.484 e. The molecule has 0 unspecified atom stereocenters. The van der Waals surface area contributed by atoms with E-state index >= 15 is 0 Å². The summed E-state index contributed by atoms with van der Waals surface area (Å²) in [4.78, 5) is 11.9. The SMILES string of the molecule is CC(=NNC(=O)COc1ccc(-c2ccccc2)cc1)c1ccc(N)cc1. The van der Waals surface area contributed by atoms with E-state index < -0.39 is 0 Å². The number of anilines is 1. The molecule has 0 saturated heterocycles. The maximum absolute atomic E-state index is 11.9. The van der Waals surface area contributed by atoms with E-state index in [0.717, 1.165) is 16.7 Å². The molecule has 0 bridgehead atoms. The van der Waals surface area contributed by atoms with E-state index in [1.54, 1.807) is 12.1 Å². The van der Waals surface area contributed by atoms with Gasteiger partial charge in [0.15, 0.2) is 6.61 Å². The second kappa shape index (κ2) is 8.67. The molecule has 0 fully saturated rings. The van der Waals surface area contributed by atoms with Gasteiger partial charge in [0.1, 0.15) is 5.75 Å². The lowest BCUT2D eigenvalue weighted by Crippen LogP contribution is -2.25. The quantitative estimate of drug-likeness (QED) is 0.399. The number of nitrogens with two attached hydrogens (primary N) is 1. The Kier molecular flexibility index (Phi) is 5.84. The molecular weight excluding hydrogens is 338 g/mol. The van der Waals surface area contributed by atoms with Gasteiger partial charge in [0.2, 0.25) is 0 Å². The van der Waals surface area contributed by atoms with Crippen LogP contribution in [0.4, 0.5) is 5.69 Å². The van der Waals surface area contributed by atoms with Crippen LogP contribution in [-0.4, -0.2) is 18.2 Å². The van der Waals surface area contributed by atoms with Crippen molar-refractivity contribution in [2.75, 3.05) is 12.3 Å². The van der Waals surface area contributed by atoms with Crippen LogP contribution in [0.1, 0.15) is 12.5 Å². The summed E-state index contributed by atoms with van der Waals surface area (Å²) >= 11 is 0. The number of nitrogens with one attached hydrogen (secondary N) is 1. The van der Waals surface area contributed by atoms with Gasteiger partial charge in [0.05, 0.1) is 5.71 Å². The van der Waals surface area contributed by atoms with Crippen molar-refractivity contribution in [3.63, 3.8) is 0 Å². The smallest absolute Gasteiger partial charge is 0.277 e. The molecule has 0 aliphatic carbocycles. The highest BCUT2D eigenvalue weighted by atomic mass is 16.5. The van der Waals surface area contributed by atoms with Crippen molar-refractivity contribution in [2.45, 2.75) is 6.92 Å². The number of nitrogen functional groups attached to an aromatic ring is 1. The van der Waals surface area contributed by atoms with Gasteiger partial charge in [-0.1, -0.05) is 54.6 Å². The van der Waals surface area contributed by atoms with Crippen molar-refractivity contribution in [2.24, 2.45) is 5.10 Å². The van der Waals surface area contributed by atoms with E-state index in [-0.39, 0.29) is 12.5 Å².